The van der Waals surface area contributed by atoms with E-state index in [4.69, 9.17) is 5.73 Å². The number of nitrogens with one attached hydrogen (secondary N) is 1. The molecule has 4 nitrogen and oxygen atoms in total. The van der Waals surface area contributed by atoms with Gasteiger partial charge in [0.2, 0.25) is 0 Å². The van der Waals surface area contributed by atoms with Gasteiger partial charge in [0.25, 0.3) is 0 Å². The largest absolute Gasteiger partial charge is 0.370 e. The fraction of sp³-hybridized carbons (Fsp3) is 0.294. The second-order valence-corrected chi connectivity index (χ2v) is 5.80. The molecule has 2 aromatic rings. The molecule has 1 aliphatic carbocycles. The van der Waals surface area contributed by atoms with Crippen molar-refractivity contribution < 1.29 is 8.78 Å². The number of anilines is 1. The Kier molecular flexibility index (Phi) is 6.09. The van der Waals surface area contributed by atoms with Crippen molar-refractivity contribution in [1.29, 1.82) is 0 Å². The molecular formula is C17H19F2IN4. The maximum atomic E-state index is 13.6. The zero-order chi connectivity index (χ0) is 16.3. The van der Waals surface area contributed by atoms with Crippen molar-refractivity contribution in [3.05, 3.63) is 59.9 Å². The smallest absolute Gasteiger partial charge is 0.193 e. The van der Waals surface area contributed by atoms with Gasteiger partial charge in [0.05, 0.1) is 12.2 Å². The second-order valence-electron chi connectivity index (χ2n) is 5.80. The Hall–Kier alpha value is -1.77. The highest BCUT2D eigenvalue weighted by atomic mass is 127. The van der Waals surface area contributed by atoms with Gasteiger partial charge in [-0.2, -0.15) is 0 Å². The van der Waals surface area contributed by atoms with E-state index in [0.29, 0.717) is 6.54 Å². The van der Waals surface area contributed by atoms with E-state index in [1.54, 1.807) is 6.20 Å². The quantitative estimate of drug-likeness (QED) is 0.428. The number of hydrogen-bond acceptors (Lipinski definition) is 2. The van der Waals surface area contributed by atoms with Crippen molar-refractivity contribution >= 4 is 35.6 Å². The van der Waals surface area contributed by atoms with E-state index in [1.807, 2.05) is 18.2 Å². The van der Waals surface area contributed by atoms with Gasteiger partial charge in [-0.05, 0) is 37.1 Å². The van der Waals surface area contributed by atoms with Crippen molar-refractivity contribution in [3.63, 3.8) is 0 Å². The van der Waals surface area contributed by atoms with Crippen LogP contribution in [0.1, 0.15) is 25.0 Å². The Morgan fingerprint density at radius 2 is 2.04 bits per heavy atom. The molecule has 3 N–H and O–H groups in total. The van der Waals surface area contributed by atoms with E-state index in [1.165, 1.54) is 0 Å². The Balaban J connectivity index is 0.00000208. The minimum Gasteiger partial charge on any atom is -0.370 e. The Morgan fingerprint density at radius 1 is 1.25 bits per heavy atom. The topological polar surface area (TPSA) is 63.3 Å². The maximum Gasteiger partial charge on any atom is 0.193 e. The van der Waals surface area contributed by atoms with Crippen molar-refractivity contribution in [2.75, 3.05) is 11.9 Å². The van der Waals surface area contributed by atoms with Crippen LogP contribution in [0.4, 0.5) is 14.5 Å². The minimum absolute atomic E-state index is 0. The molecule has 24 heavy (non-hydrogen) atoms. The molecule has 0 radical (unpaired) electrons. The van der Waals surface area contributed by atoms with Crippen LogP contribution in [0.25, 0.3) is 0 Å². The van der Waals surface area contributed by atoms with Crippen LogP contribution in [0.15, 0.2) is 47.6 Å². The first-order chi connectivity index (χ1) is 11.1. The van der Waals surface area contributed by atoms with Crippen LogP contribution in [0.3, 0.4) is 0 Å². The molecule has 0 atom stereocenters. The molecule has 3 rings (SSSR count). The first kappa shape index (κ1) is 18.6. The molecule has 0 bridgehead atoms. The molecule has 0 spiro atoms. The van der Waals surface area contributed by atoms with Crippen LogP contribution in [0, 0.1) is 11.6 Å². The number of guanidine groups is 1. The number of aliphatic imine (C=N–C) groups is 1. The highest BCUT2D eigenvalue weighted by Gasteiger charge is 2.39. The van der Waals surface area contributed by atoms with Gasteiger partial charge < -0.3 is 11.1 Å². The molecular weight excluding hydrogens is 425 g/mol. The molecule has 0 aliphatic heterocycles. The van der Waals surface area contributed by atoms with Gasteiger partial charge in [0.1, 0.15) is 11.6 Å². The van der Waals surface area contributed by atoms with Crippen molar-refractivity contribution in [1.82, 2.24) is 4.98 Å². The lowest BCUT2D eigenvalue weighted by Gasteiger charge is -2.40. The first-order valence-corrected chi connectivity index (χ1v) is 7.53. The molecule has 1 aromatic heterocycles. The van der Waals surface area contributed by atoms with E-state index in [-0.39, 0.29) is 41.0 Å². The fourth-order valence-electron chi connectivity index (χ4n) is 2.78. The zero-order valence-electron chi connectivity index (χ0n) is 13.0. The molecule has 0 unspecified atom stereocenters. The summed E-state index contributed by atoms with van der Waals surface area (Å²) >= 11 is 0. The second kappa shape index (κ2) is 7.87. The molecule has 0 saturated heterocycles. The van der Waals surface area contributed by atoms with Gasteiger partial charge in [-0.3, -0.25) is 9.98 Å². The molecule has 0 amide bonds. The fourth-order valence-corrected chi connectivity index (χ4v) is 2.78. The van der Waals surface area contributed by atoms with E-state index >= 15 is 0 Å². The zero-order valence-corrected chi connectivity index (χ0v) is 15.3. The van der Waals surface area contributed by atoms with Crippen LogP contribution in [-0.4, -0.2) is 17.5 Å². The van der Waals surface area contributed by atoms with Crippen molar-refractivity contribution in [2.45, 2.75) is 24.7 Å². The number of aromatic nitrogens is 1. The predicted molar refractivity (Wildman–Crippen MR) is 102 cm³/mol. The standard InChI is InChI=1S/C17H18F2N4.HI/c18-12-5-6-13(19)14(10-12)23-16(20)22-11-17(7-3-8-17)15-4-1-2-9-21-15;/h1-2,4-6,9-10H,3,7-8,11H2,(H3,20,22,23);1H. The lowest BCUT2D eigenvalue weighted by molar-refractivity contribution is 0.246. The molecule has 1 fully saturated rings. The predicted octanol–water partition coefficient (Wildman–Crippen LogP) is 3.83. The molecule has 1 heterocycles. The number of hydrogen-bond donors (Lipinski definition) is 2. The summed E-state index contributed by atoms with van der Waals surface area (Å²) in [6.45, 7) is 0.472. The maximum absolute atomic E-state index is 13.6. The number of nitrogens with two attached hydrogens (primary N) is 1. The van der Waals surface area contributed by atoms with Crippen LogP contribution in [0.5, 0.6) is 0 Å². The molecule has 1 aromatic carbocycles. The Morgan fingerprint density at radius 3 is 2.67 bits per heavy atom. The lowest BCUT2D eigenvalue weighted by atomic mass is 9.66. The average Bonchev–Trinajstić information content (AvgIpc) is 2.51. The number of rotatable bonds is 4. The number of halogens is 3. The summed E-state index contributed by atoms with van der Waals surface area (Å²) in [5, 5.41) is 2.62. The summed E-state index contributed by atoms with van der Waals surface area (Å²) in [6, 6.07) is 8.97. The van der Waals surface area contributed by atoms with Gasteiger partial charge in [-0.1, -0.05) is 12.5 Å². The van der Waals surface area contributed by atoms with Gasteiger partial charge in [-0.15, -0.1) is 24.0 Å². The number of nitrogens with zero attached hydrogens (tertiary/aromatic N) is 2. The third-order valence-corrected chi connectivity index (χ3v) is 4.26. The Bertz CT molecular complexity index is 718. The van der Waals surface area contributed by atoms with Crippen LogP contribution in [-0.2, 0) is 5.41 Å². The van der Waals surface area contributed by atoms with E-state index < -0.39 is 11.6 Å². The van der Waals surface area contributed by atoms with Crippen molar-refractivity contribution in [3.8, 4) is 0 Å². The summed E-state index contributed by atoms with van der Waals surface area (Å²) in [4.78, 5) is 8.74. The van der Waals surface area contributed by atoms with Gasteiger partial charge in [-0.25, -0.2) is 8.78 Å². The Labute approximate surface area is 156 Å². The van der Waals surface area contributed by atoms with E-state index in [9.17, 15) is 8.78 Å². The monoisotopic (exact) mass is 444 g/mol. The first-order valence-electron chi connectivity index (χ1n) is 7.53. The third-order valence-electron chi connectivity index (χ3n) is 4.26. The van der Waals surface area contributed by atoms with Gasteiger partial charge in [0, 0.05) is 23.4 Å². The van der Waals surface area contributed by atoms with Gasteiger partial charge in [0.15, 0.2) is 5.96 Å². The normalized spacial score (nSPS) is 16.0. The van der Waals surface area contributed by atoms with Crippen LogP contribution in [0.2, 0.25) is 0 Å². The minimum atomic E-state index is -0.576. The highest BCUT2D eigenvalue weighted by molar-refractivity contribution is 14.0. The van der Waals surface area contributed by atoms with Crippen LogP contribution >= 0.6 is 24.0 Å². The summed E-state index contributed by atoms with van der Waals surface area (Å²) in [6.07, 6.45) is 4.88. The number of benzene rings is 1. The lowest BCUT2D eigenvalue weighted by Crippen LogP contribution is -2.39. The highest BCUT2D eigenvalue weighted by Crippen LogP contribution is 2.42. The number of pyridine rings is 1. The van der Waals surface area contributed by atoms with E-state index in [0.717, 1.165) is 43.2 Å². The molecule has 7 heteroatoms. The molecule has 128 valence electrons. The SMILES string of the molecule is I.NC(=NCC1(c2ccccn2)CCC1)Nc1cc(F)ccc1F. The summed E-state index contributed by atoms with van der Waals surface area (Å²) in [7, 11) is 0. The van der Waals surface area contributed by atoms with Crippen molar-refractivity contribution in [2.24, 2.45) is 10.7 Å². The van der Waals surface area contributed by atoms with Gasteiger partial charge >= 0.3 is 0 Å². The summed E-state index contributed by atoms with van der Waals surface area (Å²) < 4.78 is 26.8. The van der Waals surface area contributed by atoms with E-state index in [2.05, 4.69) is 15.3 Å². The average molecular weight is 444 g/mol. The third kappa shape index (κ3) is 4.00. The molecule has 1 saturated carbocycles. The summed E-state index contributed by atoms with van der Waals surface area (Å²) in [5.41, 5.74) is 6.69. The molecule has 1 aliphatic rings. The summed E-state index contributed by atoms with van der Waals surface area (Å²) in [5.74, 6) is -1.05. The van der Waals surface area contributed by atoms with Crippen LogP contribution < -0.4 is 11.1 Å².